The van der Waals surface area contributed by atoms with Gasteiger partial charge in [-0.3, -0.25) is 9.48 Å². The summed E-state index contributed by atoms with van der Waals surface area (Å²) < 4.78 is 26.4. The molecule has 14 heavy (non-hydrogen) atoms. The lowest BCUT2D eigenvalue weighted by molar-refractivity contribution is -0.115. The Morgan fingerprint density at radius 2 is 2.29 bits per heavy atom. The van der Waals surface area contributed by atoms with Crippen LogP contribution in [0.2, 0.25) is 0 Å². The van der Waals surface area contributed by atoms with Crippen molar-refractivity contribution in [2.24, 2.45) is 7.05 Å². The highest BCUT2D eigenvalue weighted by molar-refractivity contribution is 7.89. The minimum absolute atomic E-state index is 0.0567. The van der Waals surface area contributed by atoms with Gasteiger partial charge in [-0.15, -0.1) is 0 Å². The van der Waals surface area contributed by atoms with Crippen molar-refractivity contribution < 1.29 is 13.2 Å². The summed E-state index contributed by atoms with van der Waals surface area (Å²) in [4.78, 5) is 10.6. The Morgan fingerprint density at radius 1 is 1.64 bits per heavy atom. The van der Waals surface area contributed by atoms with Gasteiger partial charge in [0.15, 0.2) is 0 Å². The molecule has 0 aliphatic heterocycles. The van der Waals surface area contributed by atoms with Gasteiger partial charge < -0.3 is 0 Å². The standard InChI is InChI=1S/C7H11N3O3S/c1-6(11)3-9-14(12,13)7-4-8-10(2)5-7/h4-5,9H,3H2,1-2H3. The average Bonchev–Trinajstić information content (AvgIpc) is 2.49. The number of rotatable bonds is 4. The van der Waals surface area contributed by atoms with E-state index in [1.807, 2.05) is 0 Å². The van der Waals surface area contributed by atoms with Crippen LogP contribution in [-0.2, 0) is 21.9 Å². The molecule has 0 spiro atoms. The van der Waals surface area contributed by atoms with Crippen molar-refractivity contribution in [1.82, 2.24) is 14.5 Å². The normalized spacial score (nSPS) is 11.6. The molecule has 1 aromatic heterocycles. The van der Waals surface area contributed by atoms with Gasteiger partial charge in [0.25, 0.3) is 0 Å². The molecule has 7 heteroatoms. The topological polar surface area (TPSA) is 81.1 Å². The summed E-state index contributed by atoms with van der Waals surface area (Å²) in [5.41, 5.74) is 0. The average molecular weight is 217 g/mol. The van der Waals surface area contributed by atoms with Crippen LogP contribution in [0.25, 0.3) is 0 Å². The van der Waals surface area contributed by atoms with E-state index in [0.29, 0.717) is 0 Å². The van der Waals surface area contributed by atoms with Crippen molar-refractivity contribution in [2.45, 2.75) is 11.8 Å². The zero-order valence-electron chi connectivity index (χ0n) is 7.89. The summed E-state index contributed by atoms with van der Waals surface area (Å²) in [5.74, 6) is -0.238. The van der Waals surface area contributed by atoms with Gasteiger partial charge in [-0.1, -0.05) is 0 Å². The monoisotopic (exact) mass is 217 g/mol. The van der Waals surface area contributed by atoms with Gasteiger partial charge in [-0.2, -0.15) is 5.10 Å². The number of ketones is 1. The molecule has 0 saturated heterocycles. The fourth-order valence-electron chi connectivity index (χ4n) is 0.818. The summed E-state index contributed by atoms with van der Waals surface area (Å²) in [6.45, 7) is 1.11. The molecule has 0 aromatic carbocycles. The van der Waals surface area contributed by atoms with Crippen molar-refractivity contribution in [1.29, 1.82) is 0 Å². The fourth-order valence-corrected chi connectivity index (χ4v) is 1.85. The molecular formula is C7H11N3O3S. The number of hydrogen-bond donors (Lipinski definition) is 1. The molecule has 1 aromatic rings. The third kappa shape index (κ3) is 2.64. The van der Waals surface area contributed by atoms with Gasteiger partial charge in [0, 0.05) is 13.2 Å². The van der Waals surface area contributed by atoms with E-state index in [9.17, 15) is 13.2 Å². The molecule has 6 nitrogen and oxygen atoms in total. The first-order valence-corrected chi connectivity index (χ1v) is 5.38. The molecule has 0 amide bonds. The van der Waals surface area contributed by atoms with Gasteiger partial charge in [-0.25, -0.2) is 13.1 Å². The predicted molar refractivity (Wildman–Crippen MR) is 49.1 cm³/mol. The van der Waals surface area contributed by atoms with E-state index >= 15 is 0 Å². The summed E-state index contributed by atoms with van der Waals surface area (Å²) >= 11 is 0. The van der Waals surface area contributed by atoms with Crippen LogP contribution in [0.1, 0.15) is 6.92 Å². The third-order valence-corrected chi connectivity index (χ3v) is 2.86. The van der Waals surface area contributed by atoms with Crippen LogP contribution in [0.4, 0.5) is 0 Å². The summed E-state index contributed by atoms with van der Waals surface area (Å²) in [7, 11) is -1.97. The molecule has 1 rings (SSSR count). The summed E-state index contributed by atoms with van der Waals surface area (Å²) in [6.07, 6.45) is 2.59. The van der Waals surface area contributed by atoms with Crippen molar-refractivity contribution >= 4 is 15.8 Å². The molecule has 1 N–H and O–H groups in total. The number of nitrogens with zero attached hydrogens (tertiary/aromatic N) is 2. The zero-order valence-corrected chi connectivity index (χ0v) is 8.71. The molecular weight excluding hydrogens is 206 g/mol. The Kier molecular flexibility index (Phi) is 3.02. The second-order valence-electron chi connectivity index (χ2n) is 2.88. The Bertz CT molecular complexity index is 435. The SMILES string of the molecule is CC(=O)CNS(=O)(=O)c1cnn(C)c1. The van der Waals surface area contributed by atoms with Crippen molar-refractivity contribution in [3.63, 3.8) is 0 Å². The number of aryl methyl sites for hydroxylation is 1. The molecule has 78 valence electrons. The lowest BCUT2D eigenvalue weighted by Crippen LogP contribution is -2.28. The Hall–Kier alpha value is -1.21. The van der Waals surface area contributed by atoms with E-state index < -0.39 is 10.0 Å². The maximum absolute atomic E-state index is 11.4. The number of aromatic nitrogens is 2. The number of nitrogens with one attached hydrogen (secondary N) is 1. The highest BCUT2D eigenvalue weighted by atomic mass is 32.2. The molecule has 0 atom stereocenters. The van der Waals surface area contributed by atoms with Crippen LogP contribution in [0.5, 0.6) is 0 Å². The Morgan fingerprint density at radius 3 is 2.71 bits per heavy atom. The number of carbonyl (C=O) groups is 1. The molecule has 0 fully saturated rings. The molecule has 0 unspecified atom stereocenters. The second-order valence-corrected chi connectivity index (χ2v) is 4.64. The quantitative estimate of drug-likeness (QED) is 0.722. The van der Waals surface area contributed by atoms with Gasteiger partial charge in [-0.05, 0) is 6.92 Å². The van der Waals surface area contributed by atoms with Crippen molar-refractivity contribution in [2.75, 3.05) is 6.54 Å². The first kappa shape index (κ1) is 10.9. The highest BCUT2D eigenvalue weighted by Gasteiger charge is 2.15. The molecule has 0 bridgehead atoms. The van der Waals surface area contributed by atoms with Crippen LogP contribution in [-0.4, -0.2) is 30.5 Å². The van der Waals surface area contributed by atoms with Crippen LogP contribution in [0.15, 0.2) is 17.3 Å². The van der Waals surface area contributed by atoms with Crippen LogP contribution in [0, 0.1) is 0 Å². The largest absolute Gasteiger partial charge is 0.299 e. The van der Waals surface area contributed by atoms with Gasteiger partial charge in [0.1, 0.15) is 10.7 Å². The van der Waals surface area contributed by atoms with E-state index in [1.165, 1.54) is 24.0 Å². The third-order valence-electron chi connectivity index (χ3n) is 1.50. The minimum Gasteiger partial charge on any atom is -0.299 e. The van der Waals surface area contributed by atoms with Crippen LogP contribution < -0.4 is 4.72 Å². The first-order valence-electron chi connectivity index (χ1n) is 3.89. The molecule has 0 saturated carbocycles. The van der Waals surface area contributed by atoms with E-state index in [1.54, 1.807) is 7.05 Å². The van der Waals surface area contributed by atoms with Crippen LogP contribution in [0.3, 0.4) is 0 Å². The fraction of sp³-hybridized carbons (Fsp3) is 0.429. The summed E-state index contributed by atoms with van der Waals surface area (Å²) in [5, 5.41) is 3.72. The van der Waals surface area contributed by atoms with Crippen LogP contribution >= 0.6 is 0 Å². The maximum atomic E-state index is 11.4. The number of hydrogen-bond acceptors (Lipinski definition) is 4. The Labute approximate surface area is 82.0 Å². The highest BCUT2D eigenvalue weighted by Crippen LogP contribution is 2.04. The lowest BCUT2D eigenvalue weighted by atomic mass is 10.5. The second kappa shape index (κ2) is 3.89. The smallest absolute Gasteiger partial charge is 0.244 e. The summed E-state index contributed by atoms with van der Waals surface area (Å²) in [6, 6.07) is 0. The first-order chi connectivity index (χ1) is 6.42. The minimum atomic E-state index is -3.59. The Balaban J connectivity index is 2.81. The van der Waals surface area contributed by atoms with Gasteiger partial charge >= 0.3 is 0 Å². The molecule has 0 aliphatic rings. The van der Waals surface area contributed by atoms with Crippen molar-refractivity contribution in [3.8, 4) is 0 Å². The molecule has 0 aliphatic carbocycles. The molecule has 0 radical (unpaired) electrons. The number of sulfonamides is 1. The van der Waals surface area contributed by atoms with Crippen molar-refractivity contribution in [3.05, 3.63) is 12.4 Å². The predicted octanol–water partition coefficient (Wildman–Crippen LogP) is -0.713. The number of carbonyl (C=O) groups excluding carboxylic acids is 1. The zero-order chi connectivity index (χ0) is 10.8. The van der Waals surface area contributed by atoms with E-state index in [0.717, 1.165) is 0 Å². The van der Waals surface area contributed by atoms with E-state index in [-0.39, 0.29) is 17.2 Å². The van der Waals surface area contributed by atoms with E-state index in [2.05, 4.69) is 9.82 Å². The lowest BCUT2D eigenvalue weighted by Gasteiger charge is -2.00. The molecule has 1 heterocycles. The van der Waals surface area contributed by atoms with E-state index in [4.69, 9.17) is 0 Å². The van der Waals surface area contributed by atoms with Gasteiger partial charge in [0.2, 0.25) is 10.0 Å². The number of Topliss-reactive ketones (excluding diaryl/α,β-unsaturated/α-hetero) is 1. The maximum Gasteiger partial charge on any atom is 0.244 e. The van der Waals surface area contributed by atoms with Gasteiger partial charge in [0.05, 0.1) is 12.7 Å².